The molecule has 0 saturated heterocycles. The molecule has 12 heteroatoms. The Morgan fingerprint density at radius 2 is 0.773 bits per heavy atom. The molecule has 0 aromatic rings. The molecule has 22 heavy (non-hydrogen) atoms. The molecule has 0 N–H and O–H groups in total. The van der Waals surface area contributed by atoms with Crippen LogP contribution in [0.2, 0.25) is 0 Å². The van der Waals surface area contributed by atoms with Gasteiger partial charge in [0.2, 0.25) is 5.39 Å². The first-order valence-electron chi connectivity index (χ1n) is 5.09. The van der Waals surface area contributed by atoms with E-state index in [4.69, 9.17) is 19.8 Å². The Morgan fingerprint density at radius 3 is 0.864 bits per heavy atom. The molecule has 0 saturated carbocycles. The van der Waals surface area contributed by atoms with Crippen molar-refractivity contribution in [2.75, 3.05) is 0 Å². The largest absolute Gasteiger partial charge is 2.00 e. The van der Waals surface area contributed by atoms with Crippen molar-refractivity contribution in [3.63, 3.8) is 0 Å². The minimum absolute atomic E-state index is 0. The molecule has 0 aliphatic carbocycles. The zero-order chi connectivity index (χ0) is 17.6. The summed E-state index contributed by atoms with van der Waals surface area (Å²) >= 11 is 0. The minimum atomic E-state index is -1.08. The van der Waals surface area contributed by atoms with Gasteiger partial charge in [0, 0.05) is 32.7 Å². The van der Waals surface area contributed by atoms with Gasteiger partial charge in [-0.2, -0.15) is 0 Å². The second-order valence-corrected chi connectivity index (χ2v) is 2.96. The van der Waals surface area contributed by atoms with Gasteiger partial charge in [0.05, 0.1) is 0 Å². The van der Waals surface area contributed by atoms with E-state index in [-0.39, 0.29) is 43.1 Å². The second kappa shape index (κ2) is 17.6. The Morgan fingerprint density at radius 1 is 0.636 bits per heavy atom. The first-order chi connectivity index (χ1) is 9.38. The number of carboxylic acids is 2. The SMILES string of the molecule is CC(=O)ON(OC(C)=O)OC(C)=O.CC(=O)[O-].CC(=O)[O-].[Ca+2]. The van der Waals surface area contributed by atoms with Crippen LogP contribution in [0, 0.1) is 0 Å². The molecule has 0 fully saturated rings. The van der Waals surface area contributed by atoms with E-state index in [9.17, 15) is 14.4 Å². The van der Waals surface area contributed by atoms with Crippen molar-refractivity contribution >= 4 is 67.6 Å². The number of carbonyl (C=O) groups is 5. The third-order valence-electron chi connectivity index (χ3n) is 0.609. The number of nitrogens with zero attached hydrogens (tertiary/aromatic N) is 1. The first kappa shape index (κ1) is 28.7. The van der Waals surface area contributed by atoms with Gasteiger partial charge in [0.1, 0.15) is 0 Å². The molecule has 0 aliphatic rings. The van der Waals surface area contributed by atoms with Crippen LogP contribution in [0.1, 0.15) is 34.6 Å². The zero-order valence-electron chi connectivity index (χ0n) is 12.7. The summed E-state index contributed by atoms with van der Waals surface area (Å²) in [5, 5.41) is 17.8. The topological polar surface area (TPSA) is 162 Å². The molecule has 0 aliphatic heterocycles. The molecule has 0 bridgehead atoms. The summed E-state index contributed by atoms with van der Waals surface area (Å²) in [6.45, 7) is 5.11. The van der Waals surface area contributed by atoms with Crippen molar-refractivity contribution in [1.82, 2.24) is 5.39 Å². The molecule has 0 aromatic heterocycles. The fraction of sp³-hybridized carbons (Fsp3) is 0.500. The van der Waals surface area contributed by atoms with Gasteiger partial charge in [0.15, 0.2) is 0 Å². The zero-order valence-corrected chi connectivity index (χ0v) is 14.9. The van der Waals surface area contributed by atoms with Crippen LogP contribution in [0.15, 0.2) is 0 Å². The van der Waals surface area contributed by atoms with E-state index in [1.807, 2.05) is 0 Å². The molecular formula is C10H15CaNO10. The van der Waals surface area contributed by atoms with Crippen LogP contribution in [-0.2, 0) is 38.5 Å². The molecule has 0 spiro atoms. The Labute approximate surface area is 156 Å². The number of hydrogen-bond donors (Lipinski definition) is 0. The summed E-state index contributed by atoms with van der Waals surface area (Å²) in [5.41, 5.74) is 0. The molecule has 0 amide bonds. The van der Waals surface area contributed by atoms with E-state index in [1.165, 1.54) is 0 Å². The fourth-order valence-electron chi connectivity index (χ4n) is 0.371. The molecule has 122 valence electrons. The van der Waals surface area contributed by atoms with Crippen LogP contribution in [0.5, 0.6) is 0 Å². The second-order valence-electron chi connectivity index (χ2n) is 2.96. The van der Waals surface area contributed by atoms with Gasteiger partial charge in [-0.15, -0.1) is 0 Å². The summed E-state index contributed by atoms with van der Waals surface area (Å²) in [6, 6.07) is 0. The van der Waals surface area contributed by atoms with E-state index in [0.717, 1.165) is 34.6 Å². The minimum Gasteiger partial charge on any atom is -0.550 e. The molecule has 0 rings (SSSR count). The molecule has 0 unspecified atom stereocenters. The van der Waals surface area contributed by atoms with E-state index in [2.05, 4.69) is 14.5 Å². The predicted molar refractivity (Wildman–Crippen MR) is 64.3 cm³/mol. The Kier molecular flexibility index (Phi) is 23.0. The summed E-state index contributed by atoms with van der Waals surface area (Å²) in [5.74, 6) is -4.53. The number of hydrogen-bond acceptors (Lipinski definition) is 11. The standard InChI is InChI=1S/C6H9NO6.2C2H4O2.Ca/c1-4(8)11-7(12-5(2)9)13-6(3)10;2*1-2(3)4;/h1-3H3;2*1H3,(H,3,4);/q;;;+2/p-2. The maximum Gasteiger partial charge on any atom is 2.00 e. The van der Waals surface area contributed by atoms with Gasteiger partial charge in [-0.3, -0.25) is 14.4 Å². The van der Waals surface area contributed by atoms with Crippen LogP contribution in [0.3, 0.4) is 0 Å². The van der Waals surface area contributed by atoms with Crippen molar-refractivity contribution in [3.8, 4) is 0 Å². The van der Waals surface area contributed by atoms with E-state index >= 15 is 0 Å². The average Bonchev–Trinajstić information content (AvgIpc) is 2.10. The van der Waals surface area contributed by atoms with Crippen LogP contribution in [0.25, 0.3) is 0 Å². The normalized spacial score (nSPS) is 7.73. The van der Waals surface area contributed by atoms with Crippen molar-refractivity contribution in [3.05, 3.63) is 0 Å². The molecular weight excluding hydrogens is 334 g/mol. The maximum absolute atomic E-state index is 10.4. The number of aliphatic carboxylic acids is 2. The van der Waals surface area contributed by atoms with Crippen molar-refractivity contribution in [1.29, 1.82) is 0 Å². The Hall–Kier alpha value is -1.43. The summed E-state index contributed by atoms with van der Waals surface area (Å²) in [7, 11) is 0. The van der Waals surface area contributed by atoms with Gasteiger partial charge in [-0.25, -0.2) is 0 Å². The van der Waals surface area contributed by atoms with Crippen molar-refractivity contribution < 1.29 is 48.7 Å². The van der Waals surface area contributed by atoms with Gasteiger partial charge in [0.25, 0.3) is 0 Å². The van der Waals surface area contributed by atoms with Crippen LogP contribution < -0.4 is 10.2 Å². The average molecular weight is 349 g/mol. The first-order valence-corrected chi connectivity index (χ1v) is 5.09. The molecule has 0 atom stereocenters. The Balaban J connectivity index is -0.000000150. The van der Waals surface area contributed by atoms with Crippen molar-refractivity contribution in [2.45, 2.75) is 34.6 Å². The summed E-state index contributed by atoms with van der Waals surface area (Å²) in [4.78, 5) is 61.4. The number of carbonyl (C=O) groups excluding carboxylic acids is 5. The third kappa shape index (κ3) is 51.3. The third-order valence-corrected chi connectivity index (χ3v) is 0.609. The van der Waals surface area contributed by atoms with E-state index in [1.54, 1.807) is 0 Å². The Bertz CT molecular complexity index is 326. The summed E-state index contributed by atoms with van der Waals surface area (Å²) in [6.07, 6.45) is 0. The monoisotopic (exact) mass is 349 g/mol. The van der Waals surface area contributed by atoms with Crippen LogP contribution >= 0.6 is 0 Å². The molecule has 11 nitrogen and oxygen atoms in total. The quantitative estimate of drug-likeness (QED) is 0.373. The fourth-order valence-corrected chi connectivity index (χ4v) is 0.371. The van der Waals surface area contributed by atoms with E-state index in [0.29, 0.717) is 0 Å². The molecule has 0 radical (unpaired) electrons. The molecule has 0 heterocycles. The van der Waals surface area contributed by atoms with Crippen molar-refractivity contribution in [2.24, 2.45) is 0 Å². The number of carboxylic acid groups (broad SMARTS) is 2. The summed E-state index contributed by atoms with van der Waals surface area (Å²) < 4.78 is 0. The van der Waals surface area contributed by atoms with Gasteiger partial charge < -0.3 is 34.3 Å². The maximum atomic E-state index is 10.4. The van der Waals surface area contributed by atoms with Crippen LogP contribution in [-0.4, -0.2) is 73.0 Å². The van der Waals surface area contributed by atoms with Gasteiger partial charge in [-0.1, -0.05) is 0 Å². The molecule has 0 aromatic carbocycles. The predicted octanol–water partition coefficient (Wildman–Crippen LogP) is -3.15. The van der Waals surface area contributed by atoms with Gasteiger partial charge >= 0.3 is 55.6 Å². The number of rotatable bonds is 3. The smallest absolute Gasteiger partial charge is 0.550 e. The van der Waals surface area contributed by atoms with Gasteiger partial charge in [-0.05, 0) is 13.8 Å². The van der Waals surface area contributed by atoms with E-state index < -0.39 is 29.8 Å². The van der Waals surface area contributed by atoms with Crippen LogP contribution in [0.4, 0.5) is 0 Å².